The van der Waals surface area contributed by atoms with E-state index in [9.17, 15) is 8.42 Å². The number of ether oxygens (including phenoxy) is 1. The van der Waals surface area contributed by atoms with Crippen LogP contribution in [0, 0.1) is 11.3 Å². The average molecular weight is 359 g/mol. The molecule has 1 spiro atoms. The zero-order valence-corrected chi connectivity index (χ0v) is 15.4. The molecule has 7 nitrogen and oxygen atoms in total. The molecule has 0 aromatic heterocycles. The summed E-state index contributed by atoms with van der Waals surface area (Å²) >= 11 is 0. The summed E-state index contributed by atoms with van der Waals surface area (Å²) in [4.78, 5) is 6.54. The Morgan fingerprint density at radius 3 is 2.83 bits per heavy atom. The van der Waals surface area contributed by atoms with Crippen molar-refractivity contribution in [3.63, 3.8) is 0 Å². The standard InChI is InChI=1S/C16H30N4O3S/c1-17-15(20-8-5-16(12-20)6-9-23-13-16)18-7-10-24(21,22)19-11-14-3-2-4-14/h14,19H,2-13H2,1H3,(H,17,18). The van der Waals surface area contributed by atoms with Crippen LogP contribution in [0.15, 0.2) is 4.99 Å². The van der Waals surface area contributed by atoms with E-state index in [1.807, 2.05) is 0 Å². The third-order valence-electron chi connectivity index (χ3n) is 5.61. The molecule has 0 aromatic carbocycles. The van der Waals surface area contributed by atoms with E-state index < -0.39 is 10.0 Å². The molecule has 1 saturated carbocycles. The van der Waals surface area contributed by atoms with Gasteiger partial charge in [0.25, 0.3) is 0 Å². The van der Waals surface area contributed by atoms with Gasteiger partial charge in [-0.1, -0.05) is 6.42 Å². The predicted molar refractivity (Wildman–Crippen MR) is 94.6 cm³/mol. The average Bonchev–Trinajstić information content (AvgIpc) is 3.12. The third kappa shape index (κ3) is 4.40. The van der Waals surface area contributed by atoms with Crippen LogP contribution in [0.1, 0.15) is 32.1 Å². The van der Waals surface area contributed by atoms with Crippen LogP contribution in [0.25, 0.3) is 0 Å². The molecule has 2 saturated heterocycles. The lowest BCUT2D eigenvalue weighted by atomic mass is 9.86. The number of nitrogens with one attached hydrogen (secondary N) is 2. The summed E-state index contributed by atoms with van der Waals surface area (Å²) in [5.41, 5.74) is 0.272. The van der Waals surface area contributed by atoms with Gasteiger partial charge in [-0.25, -0.2) is 13.1 Å². The van der Waals surface area contributed by atoms with Crippen molar-refractivity contribution in [3.05, 3.63) is 0 Å². The molecule has 2 aliphatic heterocycles. The Hall–Kier alpha value is -0.860. The molecule has 3 fully saturated rings. The van der Waals surface area contributed by atoms with E-state index >= 15 is 0 Å². The van der Waals surface area contributed by atoms with E-state index in [1.54, 1.807) is 7.05 Å². The summed E-state index contributed by atoms with van der Waals surface area (Å²) in [7, 11) is -1.46. The number of guanidine groups is 1. The summed E-state index contributed by atoms with van der Waals surface area (Å²) in [6.45, 7) is 4.55. The van der Waals surface area contributed by atoms with Crippen molar-refractivity contribution in [2.24, 2.45) is 16.3 Å². The van der Waals surface area contributed by atoms with Gasteiger partial charge in [0, 0.05) is 45.2 Å². The van der Waals surface area contributed by atoms with Gasteiger partial charge in [0.15, 0.2) is 5.96 Å². The highest BCUT2D eigenvalue weighted by molar-refractivity contribution is 7.89. The zero-order chi connectivity index (χ0) is 17.0. The maximum Gasteiger partial charge on any atom is 0.213 e. The van der Waals surface area contributed by atoms with Crippen molar-refractivity contribution in [2.45, 2.75) is 32.1 Å². The lowest BCUT2D eigenvalue weighted by Gasteiger charge is -2.26. The highest BCUT2D eigenvalue weighted by atomic mass is 32.2. The quantitative estimate of drug-likeness (QED) is 0.530. The molecule has 24 heavy (non-hydrogen) atoms. The highest BCUT2D eigenvalue weighted by Crippen LogP contribution is 2.38. The Morgan fingerprint density at radius 1 is 1.38 bits per heavy atom. The van der Waals surface area contributed by atoms with Crippen LogP contribution in [0.4, 0.5) is 0 Å². The molecule has 0 aromatic rings. The molecule has 1 unspecified atom stereocenters. The lowest BCUT2D eigenvalue weighted by molar-refractivity contribution is 0.156. The van der Waals surface area contributed by atoms with Crippen LogP contribution < -0.4 is 10.0 Å². The van der Waals surface area contributed by atoms with Gasteiger partial charge < -0.3 is 15.0 Å². The van der Waals surface area contributed by atoms with Crippen molar-refractivity contribution in [1.82, 2.24) is 14.9 Å². The Kier molecular flexibility index (Phi) is 5.66. The molecular formula is C16H30N4O3S. The highest BCUT2D eigenvalue weighted by Gasteiger charge is 2.42. The Balaban J connectivity index is 1.41. The molecule has 0 bridgehead atoms. The number of rotatable bonds is 6. The smallest absolute Gasteiger partial charge is 0.213 e. The second-order valence-corrected chi connectivity index (χ2v) is 9.34. The van der Waals surface area contributed by atoms with Crippen LogP contribution in [-0.4, -0.2) is 71.5 Å². The lowest BCUT2D eigenvalue weighted by Crippen LogP contribution is -2.44. The second kappa shape index (κ2) is 7.58. The van der Waals surface area contributed by atoms with E-state index in [2.05, 4.69) is 19.9 Å². The fourth-order valence-corrected chi connectivity index (χ4v) is 4.74. The topological polar surface area (TPSA) is 83.0 Å². The zero-order valence-electron chi connectivity index (χ0n) is 14.6. The SMILES string of the molecule is CN=C(NCCS(=O)(=O)NCC1CCC1)N1CCC2(CCOC2)C1. The second-order valence-electron chi connectivity index (χ2n) is 7.41. The Morgan fingerprint density at radius 2 is 2.21 bits per heavy atom. The maximum absolute atomic E-state index is 12.0. The van der Waals surface area contributed by atoms with Gasteiger partial charge in [-0.15, -0.1) is 0 Å². The minimum atomic E-state index is -3.21. The summed E-state index contributed by atoms with van der Waals surface area (Å²) in [5.74, 6) is 1.42. The van der Waals surface area contributed by atoms with E-state index in [-0.39, 0.29) is 11.2 Å². The van der Waals surface area contributed by atoms with E-state index in [0.29, 0.717) is 19.0 Å². The largest absolute Gasteiger partial charge is 0.381 e. The molecule has 138 valence electrons. The first-order chi connectivity index (χ1) is 11.5. The van der Waals surface area contributed by atoms with E-state index in [0.717, 1.165) is 57.9 Å². The number of aliphatic imine (C=N–C) groups is 1. The minimum Gasteiger partial charge on any atom is -0.381 e. The summed E-state index contributed by atoms with van der Waals surface area (Å²) in [6, 6.07) is 0. The molecule has 0 radical (unpaired) electrons. The monoisotopic (exact) mass is 358 g/mol. The van der Waals surface area contributed by atoms with Gasteiger partial charge in [0.2, 0.25) is 10.0 Å². The number of sulfonamides is 1. The number of nitrogens with zero attached hydrogens (tertiary/aromatic N) is 2. The first kappa shape index (κ1) is 17.9. The maximum atomic E-state index is 12.0. The van der Waals surface area contributed by atoms with Gasteiger partial charge in [0.1, 0.15) is 0 Å². The number of likely N-dealkylation sites (tertiary alicyclic amines) is 1. The third-order valence-corrected chi connectivity index (χ3v) is 6.95. The molecule has 3 aliphatic rings. The molecular weight excluding hydrogens is 328 g/mol. The van der Waals surface area contributed by atoms with Crippen LogP contribution in [0.5, 0.6) is 0 Å². The van der Waals surface area contributed by atoms with E-state index in [4.69, 9.17) is 4.74 Å². The van der Waals surface area contributed by atoms with Crippen LogP contribution >= 0.6 is 0 Å². The Labute approximate surface area is 145 Å². The number of hydrogen-bond donors (Lipinski definition) is 2. The predicted octanol–water partition coefficient (Wildman–Crippen LogP) is 0.394. The van der Waals surface area contributed by atoms with Crippen molar-refractivity contribution < 1.29 is 13.2 Å². The van der Waals surface area contributed by atoms with Crippen LogP contribution in [-0.2, 0) is 14.8 Å². The molecule has 0 amide bonds. The van der Waals surface area contributed by atoms with Crippen molar-refractivity contribution >= 4 is 16.0 Å². The first-order valence-corrected chi connectivity index (χ1v) is 10.7. The molecule has 3 rings (SSSR count). The summed E-state index contributed by atoms with van der Waals surface area (Å²) in [5, 5.41) is 3.21. The van der Waals surface area contributed by atoms with Crippen molar-refractivity contribution in [2.75, 3.05) is 52.2 Å². The normalized spacial score (nSPS) is 28.5. The van der Waals surface area contributed by atoms with Crippen LogP contribution in [0.3, 0.4) is 0 Å². The van der Waals surface area contributed by atoms with E-state index in [1.165, 1.54) is 6.42 Å². The van der Waals surface area contributed by atoms with Gasteiger partial charge in [-0.2, -0.15) is 0 Å². The summed E-state index contributed by atoms with van der Waals surface area (Å²) in [6.07, 6.45) is 5.75. The fourth-order valence-electron chi connectivity index (χ4n) is 3.73. The van der Waals surface area contributed by atoms with Crippen molar-refractivity contribution in [1.29, 1.82) is 0 Å². The molecule has 8 heteroatoms. The first-order valence-electron chi connectivity index (χ1n) is 9.03. The van der Waals surface area contributed by atoms with Gasteiger partial charge in [-0.3, -0.25) is 4.99 Å². The molecule has 2 N–H and O–H groups in total. The molecule has 1 aliphatic carbocycles. The van der Waals surface area contributed by atoms with Gasteiger partial charge in [-0.05, 0) is 31.6 Å². The van der Waals surface area contributed by atoms with Gasteiger partial charge in [0.05, 0.1) is 12.4 Å². The van der Waals surface area contributed by atoms with Crippen molar-refractivity contribution in [3.8, 4) is 0 Å². The Bertz CT molecular complexity index is 554. The number of hydrogen-bond acceptors (Lipinski definition) is 4. The minimum absolute atomic E-state index is 0.0842. The molecule has 2 heterocycles. The molecule has 1 atom stereocenters. The summed E-state index contributed by atoms with van der Waals surface area (Å²) < 4.78 is 32.4. The fraction of sp³-hybridized carbons (Fsp3) is 0.938. The van der Waals surface area contributed by atoms with Crippen LogP contribution in [0.2, 0.25) is 0 Å². The van der Waals surface area contributed by atoms with Gasteiger partial charge >= 0.3 is 0 Å².